The summed E-state index contributed by atoms with van der Waals surface area (Å²) in [5.74, 6) is -1.28. The fraction of sp³-hybridized carbons (Fsp3) is 0.893. The number of hydrogen-bond donors (Lipinski definition) is 5. The van der Waals surface area contributed by atoms with Crippen LogP contribution in [0.4, 0.5) is 0 Å². The van der Waals surface area contributed by atoms with Crippen molar-refractivity contribution in [3.05, 3.63) is 11.6 Å². The molecule has 1 heterocycles. The summed E-state index contributed by atoms with van der Waals surface area (Å²) in [6.07, 6.45) is -3.45. The average Bonchev–Trinajstić information content (AvgIpc) is 2.89. The van der Waals surface area contributed by atoms with Gasteiger partial charge in [-0.15, -0.1) is 0 Å². The molecule has 2 fully saturated rings. The maximum atomic E-state index is 13.1. The third-order valence-electron chi connectivity index (χ3n) is 9.04. The molecule has 0 aromatic carbocycles. The summed E-state index contributed by atoms with van der Waals surface area (Å²) in [7, 11) is 4.34. The van der Waals surface area contributed by atoms with Crippen molar-refractivity contribution in [2.45, 2.75) is 115 Å². The van der Waals surface area contributed by atoms with E-state index in [-0.39, 0.29) is 44.1 Å². The number of hydrogen-bond acceptors (Lipinski definition) is 10. The molecule has 0 aromatic rings. The maximum Gasteiger partial charge on any atom is 0.338 e. The van der Waals surface area contributed by atoms with Crippen molar-refractivity contribution in [2.75, 3.05) is 27.9 Å². The Hall–Kier alpha value is -1.11. The summed E-state index contributed by atoms with van der Waals surface area (Å²) in [5.41, 5.74) is -2.21. The number of esters is 1. The predicted octanol–water partition coefficient (Wildman–Crippen LogP) is 1.34. The molecule has 10 heteroatoms. The van der Waals surface area contributed by atoms with Crippen LogP contribution in [0, 0.1) is 17.3 Å². The zero-order valence-corrected chi connectivity index (χ0v) is 24.0. The van der Waals surface area contributed by atoms with E-state index in [0.717, 1.165) is 0 Å². The molecular formula is C28H50O10. The average molecular weight is 547 g/mol. The highest BCUT2D eigenvalue weighted by molar-refractivity contribution is 5.75. The van der Waals surface area contributed by atoms with Gasteiger partial charge in [-0.25, -0.2) is 4.79 Å². The third-order valence-corrected chi connectivity index (χ3v) is 9.04. The fourth-order valence-corrected chi connectivity index (χ4v) is 5.97. The molecule has 5 N–H and O–H groups in total. The Kier molecular flexibility index (Phi) is 12.2. The van der Waals surface area contributed by atoms with Crippen LogP contribution in [0.5, 0.6) is 0 Å². The fourth-order valence-electron chi connectivity index (χ4n) is 5.97. The number of carbonyl (C=O) groups excluding carboxylic acids is 1. The van der Waals surface area contributed by atoms with E-state index in [1.807, 2.05) is 13.0 Å². The standard InChI is InChI=1S/C28H50O10/c1-8-17(15-29)9-16(2)20-12-19(35-5)13-23(30)27(3,4)28(34)14-18(11-22(37-7)25(28)32)10-21(36-6)24(31)26(33)38-20/h9,17-25,29-32,34H,8,10-15H2,1-7H3/b16-9-/t17-,18+,19-,20+,21-,22-,23+,24?,25-,28-/m1/s1. The van der Waals surface area contributed by atoms with Gasteiger partial charge in [-0.1, -0.05) is 26.8 Å². The van der Waals surface area contributed by atoms with Gasteiger partial charge in [0, 0.05) is 52.1 Å². The molecule has 10 nitrogen and oxygen atoms in total. The molecule has 0 amide bonds. The lowest BCUT2D eigenvalue weighted by Gasteiger charge is -2.54. The second-order valence-electron chi connectivity index (χ2n) is 11.7. The maximum absolute atomic E-state index is 13.1. The first kappa shape index (κ1) is 33.1. The van der Waals surface area contributed by atoms with E-state index < -0.39 is 59.7 Å². The smallest absolute Gasteiger partial charge is 0.338 e. The lowest BCUT2D eigenvalue weighted by molar-refractivity contribution is -0.244. The summed E-state index contributed by atoms with van der Waals surface area (Å²) < 4.78 is 22.5. The van der Waals surface area contributed by atoms with E-state index in [1.54, 1.807) is 20.8 Å². The molecule has 10 atom stereocenters. The van der Waals surface area contributed by atoms with Crippen molar-refractivity contribution in [3.63, 3.8) is 0 Å². The van der Waals surface area contributed by atoms with Crippen LogP contribution in [0.15, 0.2) is 11.6 Å². The summed E-state index contributed by atoms with van der Waals surface area (Å²) in [6, 6.07) is 0. The Bertz CT molecular complexity index is 782. The molecule has 0 spiro atoms. The van der Waals surface area contributed by atoms with Gasteiger partial charge in [-0.3, -0.25) is 0 Å². The molecule has 2 bridgehead atoms. The zero-order valence-electron chi connectivity index (χ0n) is 24.0. The van der Waals surface area contributed by atoms with Crippen molar-refractivity contribution >= 4 is 5.97 Å². The molecule has 2 aliphatic rings. The van der Waals surface area contributed by atoms with Gasteiger partial charge in [0.15, 0.2) is 6.10 Å². The molecule has 1 unspecified atom stereocenters. The van der Waals surface area contributed by atoms with Gasteiger partial charge in [0.2, 0.25) is 0 Å². The van der Waals surface area contributed by atoms with Crippen molar-refractivity contribution in [1.82, 2.24) is 0 Å². The van der Waals surface area contributed by atoms with E-state index in [4.69, 9.17) is 18.9 Å². The van der Waals surface area contributed by atoms with Gasteiger partial charge in [0.05, 0.1) is 24.4 Å². The Morgan fingerprint density at radius 3 is 2.18 bits per heavy atom. The van der Waals surface area contributed by atoms with Crippen LogP contribution in [0.3, 0.4) is 0 Å². The molecule has 1 aliphatic carbocycles. The molecule has 0 radical (unpaired) electrons. The Morgan fingerprint density at radius 1 is 1.05 bits per heavy atom. The zero-order chi connectivity index (χ0) is 28.8. The molecule has 1 saturated heterocycles. The van der Waals surface area contributed by atoms with Crippen LogP contribution in [0.2, 0.25) is 0 Å². The molecule has 1 aliphatic heterocycles. The minimum Gasteiger partial charge on any atom is -0.456 e. The third kappa shape index (κ3) is 7.14. The van der Waals surface area contributed by atoms with Crippen LogP contribution in [0.25, 0.3) is 0 Å². The Labute approximate surface area is 226 Å². The van der Waals surface area contributed by atoms with Gasteiger partial charge in [-0.2, -0.15) is 0 Å². The first-order chi connectivity index (χ1) is 17.8. The highest BCUT2D eigenvalue weighted by atomic mass is 16.6. The molecule has 0 aromatic heterocycles. The minimum atomic E-state index is -1.73. The van der Waals surface area contributed by atoms with Gasteiger partial charge >= 0.3 is 5.97 Å². The van der Waals surface area contributed by atoms with Crippen LogP contribution in [-0.2, 0) is 23.7 Å². The number of ether oxygens (including phenoxy) is 4. The minimum absolute atomic E-state index is 0.0613. The van der Waals surface area contributed by atoms with E-state index in [2.05, 4.69) is 0 Å². The first-order valence-electron chi connectivity index (χ1n) is 13.6. The largest absolute Gasteiger partial charge is 0.456 e. The normalized spacial score (nSPS) is 40.2. The number of aliphatic hydroxyl groups excluding tert-OH is 4. The quantitative estimate of drug-likeness (QED) is 0.233. The van der Waals surface area contributed by atoms with Crippen LogP contribution in [0.1, 0.15) is 66.2 Å². The van der Waals surface area contributed by atoms with E-state index in [1.165, 1.54) is 21.3 Å². The summed E-state index contributed by atoms with van der Waals surface area (Å²) in [5, 5.41) is 55.2. The molecule has 222 valence electrons. The topological polar surface area (TPSA) is 155 Å². The summed E-state index contributed by atoms with van der Waals surface area (Å²) in [6.45, 7) is 7.10. The first-order valence-corrected chi connectivity index (χ1v) is 13.6. The van der Waals surface area contributed by atoms with Crippen molar-refractivity contribution in [2.24, 2.45) is 17.3 Å². The van der Waals surface area contributed by atoms with Crippen molar-refractivity contribution < 1.29 is 49.3 Å². The van der Waals surface area contributed by atoms with Crippen molar-refractivity contribution in [3.8, 4) is 0 Å². The molecule has 2 rings (SSSR count). The van der Waals surface area contributed by atoms with E-state index in [0.29, 0.717) is 18.4 Å². The van der Waals surface area contributed by atoms with Gasteiger partial charge in [0.1, 0.15) is 17.8 Å². The SMILES string of the molecule is CC[C@H](/C=C(/C)[C@@H]1C[C@@H](OC)C[C@H](O)C(C)(C)[C@@]2(O)C[C@@H](C[C@@H](OC)C(O)C(=O)O1)C[C@@H](OC)[C@H]2O)CO. The lowest BCUT2D eigenvalue weighted by atomic mass is 9.58. The Balaban J connectivity index is 2.56. The molecule has 1 saturated carbocycles. The molecule has 38 heavy (non-hydrogen) atoms. The van der Waals surface area contributed by atoms with Gasteiger partial charge < -0.3 is 44.5 Å². The van der Waals surface area contributed by atoms with E-state index in [9.17, 15) is 30.3 Å². The molecular weight excluding hydrogens is 496 g/mol. The number of methoxy groups -OCH3 is 3. The second kappa shape index (κ2) is 14.0. The number of carbonyl (C=O) groups is 1. The summed E-state index contributed by atoms with van der Waals surface area (Å²) in [4.78, 5) is 13.1. The number of rotatable bonds is 7. The van der Waals surface area contributed by atoms with Gasteiger partial charge in [-0.05, 0) is 44.1 Å². The monoisotopic (exact) mass is 546 g/mol. The van der Waals surface area contributed by atoms with Crippen LogP contribution in [-0.4, -0.2) is 108 Å². The number of fused-ring (bicyclic) bond motifs is 2. The summed E-state index contributed by atoms with van der Waals surface area (Å²) >= 11 is 0. The number of aliphatic hydroxyl groups is 5. The van der Waals surface area contributed by atoms with Gasteiger partial charge in [0.25, 0.3) is 0 Å². The predicted molar refractivity (Wildman–Crippen MR) is 140 cm³/mol. The van der Waals surface area contributed by atoms with E-state index >= 15 is 0 Å². The van der Waals surface area contributed by atoms with Crippen molar-refractivity contribution in [1.29, 1.82) is 0 Å². The highest BCUT2D eigenvalue weighted by Crippen LogP contribution is 2.49. The van der Waals surface area contributed by atoms with Crippen LogP contribution >= 0.6 is 0 Å². The van der Waals surface area contributed by atoms with Crippen LogP contribution < -0.4 is 0 Å². The highest BCUT2D eigenvalue weighted by Gasteiger charge is 2.58. The number of cyclic esters (lactones) is 1. The second-order valence-corrected chi connectivity index (χ2v) is 11.7. The Morgan fingerprint density at radius 2 is 1.66 bits per heavy atom. The lowest BCUT2D eigenvalue weighted by Crippen LogP contribution is -2.65.